The van der Waals surface area contributed by atoms with Crippen molar-refractivity contribution >= 4 is 5.91 Å². The van der Waals surface area contributed by atoms with Gasteiger partial charge in [-0.05, 0) is 56.2 Å². The minimum Gasteiger partial charge on any atom is -0.491 e. The van der Waals surface area contributed by atoms with Gasteiger partial charge in [0.1, 0.15) is 5.75 Å². The number of aliphatic hydroxyl groups is 1. The van der Waals surface area contributed by atoms with Gasteiger partial charge in [0.15, 0.2) is 0 Å². The number of aliphatic hydroxyl groups excluding tert-OH is 1. The van der Waals surface area contributed by atoms with Crippen LogP contribution in [0, 0.1) is 17.8 Å². The van der Waals surface area contributed by atoms with Gasteiger partial charge in [-0.2, -0.15) is 0 Å². The summed E-state index contributed by atoms with van der Waals surface area (Å²) in [5.41, 5.74) is 0.775. The van der Waals surface area contributed by atoms with E-state index in [1.165, 1.54) is 25.7 Å². The lowest BCUT2D eigenvalue weighted by molar-refractivity contribution is -0.123. The first-order valence-electron chi connectivity index (χ1n) is 8.78. The molecule has 0 bridgehead atoms. The van der Waals surface area contributed by atoms with Crippen molar-refractivity contribution in [1.29, 1.82) is 0 Å². The number of fused-ring (bicyclic) bond motifs is 1. The Balaban J connectivity index is 1.51. The lowest BCUT2D eigenvalue weighted by atomic mass is 10.0. The Labute approximate surface area is 138 Å². The van der Waals surface area contributed by atoms with E-state index in [-0.39, 0.29) is 24.5 Å². The molecule has 2 aliphatic carbocycles. The zero-order chi connectivity index (χ0) is 16.4. The molecule has 0 spiro atoms. The molecule has 0 heterocycles. The average Bonchev–Trinajstić information content (AvgIpc) is 3.26. The van der Waals surface area contributed by atoms with E-state index in [4.69, 9.17) is 4.74 Å². The van der Waals surface area contributed by atoms with Crippen molar-refractivity contribution in [3.05, 3.63) is 29.8 Å². The Bertz CT molecular complexity index is 545. The molecule has 2 aliphatic rings. The highest BCUT2D eigenvalue weighted by Crippen LogP contribution is 2.55. The Morgan fingerprint density at radius 1 is 1.30 bits per heavy atom. The van der Waals surface area contributed by atoms with Gasteiger partial charge in [-0.3, -0.25) is 4.79 Å². The number of hydrogen-bond donors (Lipinski definition) is 2. The third-order valence-corrected chi connectivity index (χ3v) is 5.04. The van der Waals surface area contributed by atoms with Crippen LogP contribution in [0.15, 0.2) is 24.3 Å². The summed E-state index contributed by atoms with van der Waals surface area (Å²) in [6, 6.07) is 7.45. The molecule has 0 aromatic heterocycles. The molecular weight excluding hydrogens is 290 g/mol. The minimum absolute atomic E-state index is 0.0975. The van der Waals surface area contributed by atoms with Crippen LogP contribution in [0.1, 0.15) is 51.2 Å². The monoisotopic (exact) mass is 317 g/mol. The fourth-order valence-electron chi connectivity index (χ4n) is 3.88. The fourth-order valence-corrected chi connectivity index (χ4v) is 3.88. The van der Waals surface area contributed by atoms with Gasteiger partial charge in [-0.15, -0.1) is 0 Å². The van der Waals surface area contributed by atoms with Gasteiger partial charge in [-0.1, -0.05) is 25.0 Å². The van der Waals surface area contributed by atoms with Crippen molar-refractivity contribution < 1.29 is 14.6 Å². The van der Waals surface area contributed by atoms with Gasteiger partial charge < -0.3 is 15.2 Å². The Hall–Kier alpha value is -1.55. The van der Waals surface area contributed by atoms with Gasteiger partial charge in [0.25, 0.3) is 0 Å². The number of carbonyl (C=O) groups excluding carboxylic acids is 1. The molecule has 1 aromatic carbocycles. The number of hydrogen-bond acceptors (Lipinski definition) is 3. The van der Waals surface area contributed by atoms with Crippen LogP contribution in [0.4, 0.5) is 0 Å². The zero-order valence-electron chi connectivity index (χ0n) is 14.0. The summed E-state index contributed by atoms with van der Waals surface area (Å²) < 4.78 is 5.64. The molecule has 1 aromatic rings. The molecule has 126 valence electrons. The van der Waals surface area contributed by atoms with Crippen LogP contribution >= 0.6 is 0 Å². The maximum Gasteiger partial charge on any atom is 0.223 e. The summed E-state index contributed by atoms with van der Waals surface area (Å²) in [6.07, 6.45) is 4.31. The van der Waals surface area contributed by atoms with Crippen molar-refractivity contribution in [1.82, 2.24) is 5.32 Å². The van der Waals surface area contributed by atoms with E-state index in [0.29, 0.717) is 11.8 Å². The Kier molecular flexibility index (Phi) is 4.90. The molecule has 4 heteroatoms. The highest BCUT2D eigenvalue weighted by Gasteiger charge is 2.54. The predicted octanol–water partition coefficient (Wildman–Crippen LogP) is 3.06. The Morgan fingerprint density at radius 3 is 2.65 bits per heavy atom. The zero-order valence-corrected chi connectivity index (χ0v) is 14.0. The quantitative estimate of drug-likeness (QED) is 0.848. The normalized spacial score (nSPS) is 27.2. The summed E-state index contributed by atoms with van der Waals surface area (Å²) in [5, 5.41) is 13.2. The maximum atomic E-state index is 12.3. The van der Waals surface area contributed by atoms with Gasteiger partial charge >= 0.3 is 0 Å². The molecule has 1 amide bonds. The second-order valence-electron chi connectivity index (χ2n) is 7.14. The lowest BCUT2D eigenvalue weighted by Crippen LogP contribution is -2.30. The van der Waals surface area contributed by atoms with E-state index in [1.807, 2.05) is 38.1 Å². The van der Waals surface area contributed by atoms with Crippen molar-refractivity contribution in [2.45, 2.75) is 51.7 Å². The number of benzene rings is 1. The van der Waals surface area contributed by atoms with E-state index in [0.717, 1.165) is 11.3 Å². The molecule has 2 saturated carbocycles. The van der Waals surface area contributed by atoms with Crippen LogP contribution in [0.3, 0.4) is 0 Å². The van der Waals surface area contributed by atoms with Gasteiger partial charge in [0.2, 0.25) is 5.91 Å². The third kappa shape index (κ3) is 3.86. The summed E-state index contributed by atoms with van der Waals surface area (Å²) in [4.78, 5) is 12.3. The van der Waals surface area contributed by atoms with E-state index >= 15 is 0 Å². The molecule has 2 N–H and O–H groups in total. The molecule has 0 aliphatic heterocycles. The largest absolute Gasteiger partial charge is 0.491 e. The second-order valence-corrected chi connectivity index (χ2v) is 7.14. The van der Waals surface area contributed by atoms with Gasteiger partial charge in [0.05, 0.1) is 12.2 Å². The van der Waals surface area contributed by atoms with Gasteiger partial charge in [0, 0.05) is 12.5 Å². The number of carbonyl (C=O) groups is 1. The molecule has 0 saturated heterocycles. The van der Waals surface area contributed by atoms with Crippen molar-refractivity contribution in [3.63, 3.8) is 0 Å². The minimum atomic E-state index is -0.699. The van der Waals surface area contributed by atoms with Crippen molar-refractivity contribution in [3.8, 4) is 5.75 Å². The smallest absolute Gasteiger partial charge is 0.223 e. The standard InChI is InChI=1S/C19H27NO3/c1-12(2)23-14-7-5-6-13(10-14)17(21)11-20-19(22)18-15-8-3-4-9-16(15)18/h5-7,10,12,15-18,21H,3-4,8-9,11H2,1-2H3,(H,20,22). The van der Waals surface area contributed by atoms with E-state index in [1.54, 1.807) is 0 Å². The highest BCUT2D eigenvalue weighted by atomic mass is 16.5. The molecule has 3 unspecified atom stereocenters. The first kappa shape index (κ1) is 16.3. The number of ether oxygens (including phenoxy) is 1. The van der Waals surface area contributed by atoms with Crippen molar-refractivity contribution in [2.75, 3.05) is 6.54 Å². The molecule has 23 heavy (non-hydrogen) atoms. The second kappa shape index (κ2) is 6.91. The summed E-state index contributed by atoms with van der Waals surface area (Å²) >= 11 is 0. The molecule has 3 rings (SSSR count). The molecule has 2 fully saturated rings. The SMILES string of the molecule is CC(C)Oc1cccc(C(O)CNC(=O)C2C3CCCCC32)c1. The molecular formula is C19H27NO3. The van der Waals surface area contributed by atoms with E-state index in [9.17, 15) is 9.90 Å². The number of rotatable bonds is 6. The maximum absolute atomic E-state index is 12.3. The molecule has 0 radical (unpaired) electrons. The van der Waals surface area contributed by atoms with E-state index < -0.39 is 6.10 Å². The van der Waals surface area contributed by atoms with E-state index in [2.05, 4.69) is 5.32 Å². The summed E-state index contributed by atoms with van der Waals surface area (Å²) in [7, 11) is 0. The molecule has 3 atom stereocenters. The van der Waals surface area contributed by atoms with Crippen LogP contribution in [0.2, 0.25) is 0 Å². The summed E-state index contributed by atoms with van der Waals surface area (Å²) in [6.45, 7) is 4.21. The topological polar surface area (TPSA) is 58.6 Å². The third-order valence-electron chi connectivity index (χ3n) is 5.04. The van der Waals surface area contributed by atoms with Crippen LogP contribution in [0.25, 0.3) is 0 Å². The van der Waals surface area contributed by atoms with Crippen LogP contribution in [0.5, 0.6) is 5.75 Å². The van der Waals surface area contributed by atoms with Gasteiger partial charge in [-0.25, -0.2) is 0 Å². The lowest BCUT2D eigenvalue weighted by Gasteiger charge is -2.15. The Morgan fingerprint density at radius 2 is 2.00 bits per heavy atom. The van der Waals surface area contributed by atoms with Crippen LogP contribution < -0.4 is 10.1 Å². The number of nitrogens with one attached hydrogen (secondary N) is 1. The number of amides is 1. The predicted molar refractivity (Wildman–Crippen MR) is 89.1 cm³/mol. The summed E-state index contributed by atoms with van der Waals surface area (Å²) in [5.74, 6) is 2.26. The molecule has 4 nitrogen and oxygen atoms in total. The fraction of sp³-hybridized carbons (Fsp3) is 0.632. The highest BCUT2D eigenvalue weighted by molar-refractivity contribution is 5.82. The first-order chi connectivity index (χ1) is 11.1. The first-order valence-corrected chi connectivity index (χ1v) is 8.78. The van der Waals surface area contributed by atoms with Crippen LogP contribution in [-0.4, -0.2) is 23.7 Å². The van der Waals surface area contributed by atoms with Crippen LogP contribution in [-0.2, 0) is 4.79 Å². The van der Waals surface area contributed by atoms with Crippen molar-refractivity contribution in [2.24, 2.45) is 17.8 Å². The average molecular weight is 317 g/mol.